The van der Waals surface area contributed by atoms with E-state index in [0.29, 0.717) is 11.4 Å². The molecule has 5 nitrogen and oxygen atoms in total. The van der Waals surface area contributed by atoms with Gasteiger partial charge in [-0.25, -0.2) is 9.78 Å². The van der Waals surface area contributed by atoms with E-state index in [-0.39, 0.29) is 5.91 Å². The Hall–Kier alpha value is -3.64. The van der Waals surface area contributed by atoms with Crippen molar-refractivity contribution in [3.63, 3.8) is 0 Å². The smallest absolute Gasteiger partial charge is 0.335 e. The topological polar surface area (TPSA) is 61.2 Å². The molecular formula is C26H18N2O3S. The van der Waals surface area contributed by atoms with Crippen molar-refractivity contribution in [2.24, 2.45) is 5.92 Å². The molecule has 0 saturated carbocycles. The van der Waals surface area contributed by atoms with Crippen LogP contribution in [0.15, 0.2) is 90.5 Å². The molecule has 0 aliphatic carbocycles. The van der Waals surface area contributed by atoms with Gasteiger partial charge in [-0.05, 0) is 23.3 Å². The average molecular weight is 439 g/mol. The van der Waals surface area contributed by atoms with E-state index in [1.54, 1.807) is 4.57 Å². The summed E-state index contributed by atoms with van der Waals surface area (Å²) in [6.45, 7) is 0. The summed E-state index contributed by atoms with van der Waals surface area (Å²) >= 11 is 1.52. The van der Waals surface area contributed by atoms with Crippen molar-refractivity contribution in [2.45, 2.75) is 4.75 Å². The second-order valence-corrected chi connectivity index (χ2v) is 9.09. The molecule has 0 bridgehead atoms. The van der Waals surface area contributed by atoms with Crippen LogP contribution in [0.3, 0.4) is 0 Å². The number of rotatable bonds is 3. The number of aromatic nitrogens is 2. The number of carbonyl (C=O) groups is 2. The molecule has 2 aliphatic rings. The molecule has 0 N–H and O–H groups in total. The molecule has 0 saturated heterocycles. The molecule has 156 valence electrons. The standard InChI is InChI=1S/C26H18N2O3S/c1-31-24(30)20-21-23(29)28-19-15-9-8-14-18(19)27-25(28)26(21,17-12-6-3-7-13-17)32-22(20)16-10-4-2-5-11-16/h2-15,21H,1H3/t21-,26+/m0/s1. The molecule has 0 fully saturated rings. The third kappa shape index (κ3) is 2.38. The number of thioether (sulfide) groups is 1. The number of hydrogen-bond acceptors (Lipinski definition) is 5. The Labute approximate surface area is 188 Å². The summed E-state index contributed by atoms with van der Waals surface area (Å²) in [4.78, 5) is 32.8. The molecule has 1 aromatic heterocycles. The van der Waals surface area contributed by atoms with E-state index in [1.807, 2.05) is 84.9 Å². The Morgan fingerprint density at radius 3 is 2.34 bits per heavy atom. The summed E-state index contributed by atoms with van der Waals surface area (Å²) in [5.74, 6) is -0.721. The molecule has 0 spiro atoms. The number of fused-ring (bicyclic) bond motifs is 5. The molecule has 0 amide bonds. The van der Waals surface area contributed by atoms with Crippen molar-refractivity contribution in [1.29, 1.82) is 0 Å². The van der Waals surface area contributed by atoms with Crippen LogP contribution in [-0.2, 0) is 14.3 Å². The van der Waals surface area contributed by atoms with Crippen LogP contribution in [0, 0.1) is 5.92 Å². The Morgan fingerprint density at radius 1 is 0.969 bits per heavy atom. The van der Waals surface area contributed by atoms with Gasteiger partial charge in [-0.1, -0.05) is 72.8 Å². The highest BCUT2D eigenvalue weighted by atomic mass is 32.2. The summed E-state index contributed by atoms with van der Waals surface area (Å²) < 4.78 is 6.02. The maximum atomic E-state index is 14.0. The molecule has 3 heterocycles. The van der Waals surface area contributed by atoms with Gasteiger partial charge in [0.1, 0.15) is 10.6 Å². The van der Waals surface area contributed by atoms with Crippen molar-refractivity contribution in [3.05, 3.63) is 107 Å². The number of esters is 1. The molecule has 6 heteroatoms. The summed E-state index contributed by atoms with van der Waals surface area (Å²) in [6.07, 6.45) is 0. The van der Waals surface area contributed by atoms with Gasteiger partial charge in [0.05, 0.1) is 29.6 Å². The number of para-hydroxylation sites is 2. The van der Waals surface area contributed by atoms with Gasteiger partial charge in [0.25, 0.3) is 0 Å². The molecule has 2 atom stereocenters. The molecule has 32 heavy (non-hydrogen) atoms. The van der Waals surface area contributed by atoms with E-state index in [2.05, 4.69) is 0 Å². The molecule has 6 rings (SSSR count). The molecule has 2 aliphatic heterocycles. The van der Waals surface area contributed by atoms with E-state index < -0.39 is 16.6 Å². The molecule has 4 aromatic rings. The van der Waals surface area contributed by atoms with Gasteiger partial charge in [-0.2, -0.15) is 0 Å². The number of benzene rings is 3. The lowest BCUT2D eigenvalue weighted by Gasteiger charge is -2.27. The zero-order valence-electron chi connectivity index (χ0n) is 17.2. The van der Waals surface area contributed by atoms with Crippen LogP contribution in [-0.4, -0.2) is 28.5 Å². The van der Waals surface area contributed by atoms with Gasteiger partial charge in [-0.15, -0.1) is 11.8 Å². The molecule has 3 aromatic carbocycles. The van der Waals surface area contributed by atoms with Crippen molar-refractivity contribution in [1.82, 2.24) is 9.55 Å². The summed E-state index contributed by atoms with van der Waals surface area (Å²) in [7, 11) is 1.36. The Balaban J connectivity index is 1.69. The first kappa shape index (κ1) is 19.1. The van der Waals surface area contributed by atoms with Crippen molar-refractivity contribution >= 4 is 39.6 Å². The van der Waals surface area contributed by atoms with Crippen LogP contribution >= 0.6 is 11.8 Å². The number of hydrogen-bond donors (Lipinski definition) is 0. The number of methoxy groups -OCH3 is 1. The minimum atomic E-state index is -0.855. The normalized spacial score (nSPS) is 21.7. The monoisotopic (exact) mass is 438 g/mol. The number of carbonyl (C=O) groups excluding carboxylic acids is 2. The van der Waals surface area contributed by atoms with E-state index >= 15 is 0 Å². The summed E-state index contributed by atoms with van der Waals surface area (Å²) in [6, 6.07) is 27.2. The third-order valence-electron chi connectivity index (χ3n) is 6.21. The van der Waals surface area contributed by atoms with Crippen molar-refractivity contribution in [3.8, 4) is 0 Å². The largest absolute Gasteiger partial charge is 0.466 e. The Kier molecular flexibility index (Phi) is 4.13. The summed E-state index contributed by atoms with van der Waals surface area (Å²) in [5, 5.41) is 0. The highest BCUT2D eigenvalue weighted by Crippen LogP contribution is 2.65. The maximum Gasteiger partial charge on any atom is 0.335 e. The van der Waals surface area contributed by atoms with E-state index in [1.165, 1.54) is 18.9 Å². The minimum absolute atomic E-state index is 0.156. The highest BCUT2D eigenvalue weighted by molar-refractivity contribution is 8.09. The molecule has 0 radical (unpaired) electrons. The Morgan fingerprint density at radius 2 is 1.62 bits per heavy atom. The first-order valence-electron chi connectivity index (χ1n) is 10.3. The lowest BCUT2D eigenvalue weighted by molar-refractivity contribution is -0.136. The molecular weight excluding hydrogens is 420 g/mol. The predicted molar refractivity (Wildman–Crippen MR) is 124 cm³/mol. The van der Waals surface area contributed by atoms with E-state index in [0.717, 1.165) is 27.1 Å². The fourth-order valence-electron chi connectivity index (χ4n) is 4.87. The van der Waals surface area contributed by atoms with Gasteiger partial charge in [0.2, 0.25) is 5.91 Å². The number of nitrogens with zero attached hydrogens (tertiary/aromatic N) is 2. The second kappa shape index (κ2) is 6.93. The third-order valence-corrected chi connectivity index (χ3v) is 7.84. The quantitative estimate of drug-likeness (QED) is 0.427. The Bertz CT molecular complexity index is 1430. The fraction of sp³-hybridized carbons (Fsp3) is 0.115. The predicted octanol–water partition coefficient (Wildman–Crippen LogP) is 4.88. The van der Waals surface area contributed by atoms with Crippen molar-refractivity contribution < 1.29 is 14.3 Å². The number of imidazole rings is 1. The van der Waals surface area contributed by atoms with Crippen LogP contribution in [0.4, 0.5) is 0 Å². The van der Waals surface area contributed by atoms with Crippen LogP contribution in [0.25, 0.3) is 15.9 Å². The zero-order chi connectivity index (χ0) is 21.9. The SMILES string of the molecule is COC(=O)C1=C(c2ccccc2)S[C@@]2(c3ccccc3)c3nc4ccccc4n3C(=O)[C@H]12. The van der Waals surface area contributed by atoms with Crippen LogP contribution in [0.1, 0.15) is 21.7 Å². The zero-order valence-corrected chi connectivity index (χ0v) is 18.0. The van der Waals surface area contributed by atoms with Crippen molar-refractivity contribution in [2.75, 3.05) is 7.11 Å². The van der Waals surface area contributed by atoms with Gasteiger partial charge in [-0.3, -0.25) is 9.36 Å². The van der Waals surface area contributed by atoms with Crippen LogP contribution in [0.2, 0.25) is 0 Å². The first-order chi connectivity index (χ1) is 15.7. The van der Waals surface area contributed by atoms with Crippen LogP contribution in [0.5, 0.6) is 0 Å². The van der Waals surface area contributed by atoms with Gasteiger partial charge < -0.3 is 4.74 Å². The average Bonchev–Trinajstić information content (AvgIpc) is 3.48. The second-order valence-electron chi connectivity index (χ2n) is 7.83. The lowest BCUT2D eigenvalue weighted by Crippen LogP contribution is -2.32. The first-order valence-corrected chi connectivity index (χ1v) is 11.1. The minimum Gasteiger partial charge on any atom is -0.466 e. The molecule has 0 unspecified atom stereocenters. The fourth-order valence-corrected chi connectivity index (χ4v) is 6.58. The van der Waals surface area contributed by atoms with Gasteiger partial charge >= 0.3 is 5.97 Å². The number of ether oxygens (including phenoxy) is 1. The van der Waals surface area contributed by atoms with E-state index in [4.69, 9.17) is 9.72 Å². The van der Waals surface area contributed by atoms with Crippen LogP contribution < -0.4 is 0 Å². The van der Waals surface area contributed by atoms with Gasteiger partial charge in [0.15, 0.2) is 0 Å². The highest BCUT2D eigenvalue weighted by Gasteiger charge is 2.64. The maximum absolute atomic E-state index is 14.0. The van der Waals surface area contributed by atoms with Gasteiger partial charge in [0, 0.05) is 4.91 Å². The lowest BCUT2D eigenvalue weighted by atomic mass is 9.81. The summed E-state index contributed by atoms with van der Waals surface area (Å²) in [5.41, 5.74) is 3.73. The van der Waals surface area contributed by atoms with E-state index in [9.17, 15) is 9.59 Å².